The molecule has 0 saturated carbocycles. The molecule has 5 heteroatoms. The Hall–Kier alpha value is -2.76. The number of phenolic OH excluding ortho intramolecular Hbond substituents is 1. The molecule has 144 valence electrons. The normalized spacial score (nSPS) is 15.0. The first-order valence-corrected chi connectivity index (χ1v) is 8.70. The van der Waals surface area contributed by atoms with Gasteiger partial charge in [0.25, 0.3) is 0 Å². The zero-order chi connectivity index (χ0) is 19.7. The Morgan fingerprint density at radius 3 is 2.07 bits per heavy atom. The molecule has 0 fully saturated rings. The predicted molar refractivity (Wildman–Crippen MR) is 104 cm³/mol. The Kier molecular flexibility index (Phi) is 7.46. The molecule has 1 aliphatic rings. The summed E-state index contributed by atoms with van der Waals surface area (Å²) in [6.07, 6.45) is 5.01. The van der Waals surface area contributed by atoms with Gasteiger partial charge in [-0.3, -0.25) is 0 Å². The number of ether oxygens (including phenoxy) is 2. The van der Waals surface area contributed by atoms with Gasteiger partial charge in [0.05, 0.1) is 14.2 Å². The van der Waals surface area contributed by atoms with E-state index in [-0.39, 0.29) is 6.42 Å². The van der Waals surface area contributed by atoms with Gasteiger partial charge in [-0.1, -0.05) is 35.9 Å². The summed E-state index contributed by atoms with van der Waals surface area (Å²) in [7, 11) is 3.16. The molecule has 0 saturated heterocycles. The Balaban J connectivity index is 0.000000313. The number of hydrogen-bond donors (Lipinski definition) is 3. The van der Waals surface area contributed by atoms with E-state index in [2.05, 4.69) is 0 Å². The highest BCUT2D eigenvalue weighted by molar-refractivity contribution is 5.30. The second-order valence-electron chi connectivity index (χ2n) is 6.29. The number of benzene rings is 2. The van der Waals surface area contributed by atoms with E-state index >= 15 is 0 Å². The van der Waals surface area contributed by atoms with Crippen molar-refractivity contribution in [2.24, 2.45) is 0 Å². The minimum absolute atomic E-state index is 0.218. The first-order valence-electron chi connectivity index (χ1n) is 8.70. The fraction of sp³-hybridized carbons (Fsp3) is 0.273. The molecule has 3 N–H and O–H groups in total. The molecule has 0 radical (unpaired) electrons. The van der Waals surface area contributed by atoms with Gasteiger partial charge in [0.15, 0.2) is 5.79 Å². The molecular formula is C22H26O5. The Labute approximate surface area is 159 Å². The van der Waals surface area contributed by atoms with Gasteiger partial charge in [0.2, 0.25) is 0 Å². The van der Waals surface area contributed by atoms with Gasteiger partial charge < -0.3 is 24.8 Å². The zero-order valence-corrected chi connectivity index (χ0v) is 15.6. The van der Waals surface area contributed by atoms with Crippen molar-refractivity contribution in [1.29, 1.82) is 0 Å². The van der Waals surface area contributed by atoms with Gasteiger partial charge in [-0.15, -0.1) is 0 Å². The number of rotatable bonds is 5. The van der Waals surface area contributed by atoms with E-state index in [0.717, 1.165) is 24.2 Å². The minimum atomic E-state index is -1.81. The Bertz CT molecular complexity index is 761. The van der Waals surface area contributed by atoms with Crippen molar-refractivity contribution in [2.75, 3.05) is 14.2 Å². The van der Waals surface area contributed by atoms with Crippen molar-refractivity contribution in [2.45, 2.75) is 25.0 Å². The largest absolute Gasteiger partial charge is 0.508 e. The molecule has 0 bridgehead atoms. The van der Waals surface area contributed by atoms with Crippen molar-refractivity contribution in [3.63, 3.8) is 0 Å². The summed E-state index contributed by atoms with van der Waals surface area (Å²) < 4.78 is 10.2. The third kappa shape index (κ3) is 7.17. The average Bonchev–Trinajstić information content (AvgIpc) is 2.66. The first kappa shape index (κ1) is 20.6. The van der Waals surface area contributed by atoms with Crippen LogP contribution in [0.15, 0.2) is 78.1 Å². The van der Waals surface area contributed by atoms with Gasteiger partial charge in [-0.2, -0.15) is 0 Å². The van der Waals surface area contributed by atoms with Crippen LogP contribution in [0.4, 0.5) is 0 Å². The summed E-state index contributed by atoms with van der Waals surface area (Å²) >= 11 is 0. The van der Waals surface area contributed by atoms with Crippen LogP contribution in [-0.2, 0) is 11.2 Å². The molecule has 0 amide bonds. The van der Waals surface area contributed by atoms with E-state index < -0.39 is 5.79 Å². The van der Waals surface area contributed by atoms with E-state index in [1.807, 2.05) is 36.4 Å². The maximum absolute atomic E-state index is 9.75. The molecular weight excluding hydrogens is 344 g/mol. The van der Waals surface area contributed by atoms with Gasteiger partial charge in [0.1, 0.15) is 17.3 Å². The van der Waals surface area contributed by atoms with Gasteiger partial charge in [0, 0.05) is 12.5 Å². The molecule has 0 heterocycles. The van der Waals surface area contributed by atoms with Crippen molar-refractivity contribution < 1.29 is 24.8 Å². The van der Waals surface area contributed by atoms with E-state index in [1.54, 1.807) is 31.4 Å². The SMILES string of the molecule is COC1=CC(O)(O)CC(CCc2ccc(OC)cc2)=C1.Oc1ccccc1. The molecule has 0 spiro atoms. The molecule has 0 aliphatic heterocycles. The Morgan fingerprint density at radius 1 is 0.889 bits per heavy atom. The van der Waals surface area contributed by atoms with Crippen LogP contribution in [0.3, 0.4) is 0 Å². The highest BCUT2D eigenvalue weighted by Crippen LogP contribution is 2.28. The summed E-state index contributed by atoms with van der Waals surface area (Å²) in [5.74, 6) is -0.163. The second kappa shape index (κ2) is 9.80. The van der Waals surface area contributed by atoms with Gasteiger partial charge >= 0.3 is 0 Å². The number of allylic oxidation sites excluding steroid dienone is 1. The van der Waals surface area contributed by atoms with Gasteiger partial charge in [-0.05, 0) is 48.7 Å². The lowest BCUT2D eigenvalue weighted by atomic mass is 9.93. The highest BCUT2D eigenvalue weighted by atomic mass is 16.5. The number of aryl methyl sites for hydroxylation is 1. The smallest absolute Gasteiger partial charge is 0.190 e. The summed E-state index contributed by atoms with van der Waals surface area (Å²) in [4.78, 5) is 0. The van der Waals surface area contributed by atoms with E-state index in [9.17, 15) is 10.2 Å². The van der Waals surface area contributed by atoms with Crippen LogP contribution in [-0.4, -0.2) is 35.3 Å². The number of para-hydroxylation sites is 1. The lowest BCUT2D eigenvalue weighted by Gasteiger charge is -2.24. The van der Waals surface area contributed by atoms with Crippen LogP contribution in [0.5, 0.6) is 11.5 Å². The van der Waals surface area contributed by atoms with E-state index in [1.165, 1.54) is 18.7 Å². The van der Waals surface area contributed by atoms with Crippen LogP contribution < -0.4 is 4.74 Å². The molecule has 0 unspecified atom stereocenters. The number of aliphatic hydroxyl groups is 2. The third-order valence-corrected chi connectivity index (χ3v) is 4.09. The Morgan fingerprint density at radius 2 is 1.56 bits per heavy atom. The first-order chi connectivity index (χ1) is 12.9. The van der Waals surface area contributed by atoms with Crippen LogP contribution in [0.2, 0.25) is 0 Å². The zero-order valence-electron chi connectivity index (χ0n) is 15.6. The van der Waals surface area contributed by atoms with Crippen molar-refractivity contribution in [3.8, 4) is 11.5 Å². The lowest BCUT2D eigenvalue weighted by molar-refractivity contribution is -0.119. The molecule has 0 aromatic heterocycles. The molecule has 2 aromatic carbocycles. The van der Waals surface area contributed by atoms with Gasteiger partial charge in [-0.25, -0.2) is 0 Å². The molecule has 1 aliphatic carbocycles. The number of phenols is 1. The third-order valence-electron chi connectivity index (χ3n) is 4.09. The summed E-state index contributed by atoms with van der Waals surface area (Å²) in [6.45, 7) is 0. The van der Waals surface area contributed by atoms with Crippen LogP contribution in [0, 0.1) is 0 Å². The van der Waals surface area contributed by atoms with Crippen LogP contribution >= 0.6 is 0 Å². The quantitative estimate of drug-likeness (QED) is 0.702. The average molecular weight is 370 g/mol. The standard InChI is InChI=1S/C16H20O4.C6H6O/c1-19-14-7-5-12(6-8-14)3-4-13-9-15(20-2)11-16(17,18)10-13;7-6-4-2-1-3-5-6/h5-9,11,17-18H,3-4,10H2,1-2H3;1-5,7H. The monoisotopic (exact) mass is 370 g/mol. The molecule has 2 aromatic rings. The second-order valence-corrected chi connectivity index (χ2v) is 6.29. The number of hydrogen-bond acceptors (Lipinski definition) is 5. The van der Waals surface area contributed by atoms with E-state index in [4.69, 9.17) is 14.6 Å². The maximum Gasteiger partial charge on any atom is 0.190 e. The molecule has 27 heavy (non-hydrogen) atoms. The fourth-order valence-corrected chi connectivity index (χ4v) is 2.71. The maximum atomic E-state index is 9.75. The lowest BCUT2D eigenvalue weighted by Crippen LogP contribution is -2.28. The minimum Gasteiger partial charge on any atom is -0.508 e. The summed E-state index contributed by atoms with van der Waals surface area (Å²) in [5.41, 5.74) is 2.15. The van der Waals surface area contributed by atoms with Crippen molar-refractivity contribution >= 4 is 0 Å². The van der Waals surface area contributed by atoms with E-state index in [0.29, 0.717) is 11.5 Å². The van der Waals surface area contributed by atoms with Crippen molar-refractivity contribution in [1.82, 2.24) is 0 Å². The van der Waals surface area contributed by atoms with Crippen molar-refractivity contribution in [3.05, 3.63) is 83.6 Å². The highest BCUT2D eigenvalue weighted by Gasteiger charge is 2.26. The summed E-state index contributed by atoms with van der Waals surface area (Å²) in [6, 6.07) is 16.6. The fourth-order valence-electron chi connectivity index (χ4n) is 2.71. The molecule has 5 nitrogen and oxygen atoms in total. The molecule has 0 atom stereocenters. The van der Waals surface area contributed by atoms with Crippen LogP contribution in [0.1, 0.15) is 18.4 Å². The van der Waals surface area contributed by atoms with Crippen LogP contribution in [0.25, 0.3) is 0 Å². The predicted octanol–water partition coefficient (Wildman–Crippen LogP) is 3.56. The number of aromatic hydroxyl groups is 1. The number of methoxy groups -OCH3 is 2. The molecule has 3 rings (SSSR count). The summed E-state index contributed by atoms with van der Waals surface area (Å²) in [5, 5.41) is 28.1. The topological polar surface area (TPSA) is 79.2 Å².